The number of rotatable bonds is 3. The normalized spacial score (nSPS) is 16.6. The first-order chi connectivity index (χ1) is 12.8. The molecule has 4 nitrogen and oxygen atoms in total. The van der Waals surface area contributed by atoms with Crippen molar-refractivity contribution in [1.29, 1.82) is 0 Å². The number of hydrogen-bond donors (Lipinski definition) is 3. The number of thiocarbonyl (C=S) groups is 1. The van der Waals surface area contributed by atoms with Crippen LogP contribution >= 0.6 is 35.4 Å². The molecule has 0 saturated carbocycles. The van der Waals surface area contributed by atoms with Gasteiger partial charge in [0.1, 0.15) is 0 Å². The van der Waals surface area contributed by atoms with Gasteiger partial charge in [0.25, 0.3) is 5.91 Å². The van der Waals surface area contributed by atoms with E-state index in [1.807, 2.05) is 26.0 Å². The molecule has 140 valence electrons. The first kappa shape index (κ1) is 19.7. The lowest BCUT2D eigenvalue weighted by atomic mass is 9.94. The second-order valence-electron chi connectivity index (χ2n) is 6.54. The molecule has 0 unspecified atom stereocenters. The van der Waals surface area contributed by atoms with Crippen molar-refractivity contribution in [3.63, 3.8) is 0 Å². The number of anilines is 1. The van der Waals surface area contributed by atoms with Gasteiger partial charge in [-0.3, -0.25) is 4.79 Å². The summed E-state index contributed by atoms with van der Waals surface area (Å²) in [6.07, 6.45) is 0. The molecule has 2 aromatic rings. The van der Waals surface area contributed by atoms with Gasteiger partial charge in [-0.1, -0.05) is 35.3 Å². The van der Waals surface area contributed by atoms with Crippen LogP contribution in [0.25, 0.3) is 0 Å². The van der Waals surface area contributed by atoms with Crippen LogP contribution in [-0.4, -0.2) is 11.0 Å². The first-order valence-corrected chi connectivity index (χ1v) is 9.54. The molecule has 0 saturated heterocycles. The van der Waals surface area contributed by atoms with Gasteiger partial charge in [-0.25, -0.2) is 0 Å². The fraction of sp³-hybridized carbons (Fsp3) is 0.200. The summed E-state index contributed by atoms with van der Waals surface area (Å²) in [6.45, 7) is 5.78. The van der Waals surface area contributed by atoms with Gasteiger partial charge >= 0.3 is 0 Å². The summed E-state index contributed by atoms with van der Waals surface area (Å²) in [5.41, 5.74) is 4.63. The maximum absolute atomic E-state index is 13.1. The molecule has 0 aliphatic carbocycles. The van der Waals surface area contributed by atoms with Crippen LogP contribution in [0, 0.1) is 13.8 Å². The number of aryl methyl sites for hydroxylation is 2. The molecule has 1 aliphatic heterocycles. The summed E-state index contributed by atoms with van der Waals surface area (Å²) in [6, 6.07) is 10.6. The van der Waals surface area contributed by atoms with Crippen molar-refractivity contribution in [3.8, 4) is 0 Å². The van der Waals surface area contributed by atoms with Crippen LogP contribution < -0.4 is 16.0 Å². The minimum Gasteiger partial charge on any atom is -0.351 e. The fourth-order valence-electron chi connectivity index (χ4n) is 3.24. The van der Waals surface area contributed by atoms with Crippen molar-refractivity contribution in [1.82, 2.24) is 10.6 Å². The molecule has 1 aliphatic rings. The van der Waals surface area contributed by atoms with Gasteiger partial charge in [-0.05, 0) is 68.4 Å². The lowest BCUT2D eigenvalue weighted by Gasteiger charge is -2.31. The molecule has 1 heterocycles. The van der Waals surface area contributed by atoms with Crippen molar-refractivity contribution < 1.29 is 4.79 Å². The zero-order valence-corrected chi connectivity index (χ0v) is 17.4. The third-order valence-electron chi connectivity index (χ3n) is 4.28. The zero-order chi connectivity index (χ0) is 19.7. The third-order valence-corrected chi connectivity index (χ3v) is 5.16. The summed E-state index contributed by atoms with van der Waals surface area (Å²) in [5, 5.41) is 10.4. The van der Waals surface area contributed by atoms with Crippen LogP contribution in [0.3, 0.4) is 0 Å². The predicted molar refractivity (Wildman–Crippen MR) is 115 cm³/mol. The molecule has 1 atom stereocenters. The van der Waals surface area contributed by atoms with E-state index >= 15 is 0 Å². The van der Waals surface area contributed by atoms with Crippen LogP contribution in [0.4, 0.5) is 5.69 Å². The lowest BCUT2D eigenvalue weighted by Crippen LogP contribution is -2.46. The third kappa shape index (κ3) is 4.26. The highest BCUT2D eigenvalue weighted by Gasteiger charge is 2.32. The molecule has 1 amide bonds. The number of amides is 1. The molecule has 7 heteroatoms. The summed E-state index contributed by atoms with van der Waals surface area (Å²) < 4.78 is 0. The second kappa shape index (κ2) is 7.89. The maximum Gasteiger partial charge on any atom is 0.255 e. The number of carbonyl (C=O) groups excluding carboxylic acids is 1. The fourth-order valence-corrected chi connectivity index (χ4v) is 4.13. The monoisotopic (exact) mass is 419 g/mol. The number of benzene rings is 2. The summed E-state index contributed by atoms with van der Waals surface area (Å²) in [5.74, 6) is -0.249. The van der Waals surface area contributed by atoms with Gasteiger partial charge < -0.3 is 16.0 Å². The molecule has 27 heavy (non-hydrogen) atoms. The van der Waals surface area contributed by atoms with E-state index < -0.39 is 6.04 Å². The molecule has 0 aromatic heterocycles. The van der Waals surface area contributed by atoms with Crippen molar-refractivity contribution >= 4 is 52.1 Å². The lowest BCUT2D eigenvalue weighted by molar-refractivity contribution is -0.113. The standard InChI is InChI=1S/C20H19Cl2N3OS/c1-10-7-11(2)9-13(8-10)24-19(26)16-12(3)23-20(27)25-18(16)17-14(21)5-4-6-15(17)22/h4-9,18H,1-3H3,(H,24,26)(H2,23,25,27)/t18-/m1/s1. The molecule has 0 spiro atoms. The average molecular weight is 420 g/mol. The number of nitrogens with one attached hydrogen (secondary N) is 3. The van der Waals surface area contributed by atoms with E-state index in [4.69, 9.17) is 35.4 Å². The Labute approximate surface area is 173 Å². The molecule has 2 aromatic carbocycles. The smallest absolute Gasteiger partial charge is 0.255 e. The Morgan fingerprint density at radius 3 is 2.26 bits per heavy atom. The van der Waals surface area contributed by atoms with Gasteiger partial charge in [0.15, 0.2) is 5.11 Å². The Kier molecular flexibility index (Phi) is 5.75. The summed E-state index contributed by atoms with van der Waals surface area (Å²) in [7, 11) is 0. The van der Waals surface area contributed by atoms with Crippen molar-refractivity contribution in [2.24, 2.45) is 0 Å². The highest BCUT2D eigenvalue weighted by Crippen LogP contribution is 2.36. The van der Waals surface area contributed by atoms with Crippen LogP contribution in [0.15, 0.2) is 47.7 Å². The molecule has 0 bridgehead atoms. The van der Waals surface area contributed by atoms with Gasteiger partial charge in [0.2, 0.25) is 0 Å². The molecular formula is C20H19Cl2N3OS. The first-order valence-electron chi connectivity index (χ1n) is 8.38. The summed E-state index contributed by atoms with van der Waals surface area (Å²) in [4.78, 5) is 13.1. The summed E-state index contributed by atoms with van der Waals surface area (Å²) >= 11 is 18.1. The van der Waals surface area contributed by atoms with Gasteiger partial charge in [-0.2, -0.15) is 0 Å². The highest BCUT2D eigenvalue weighted by atomic mass is 35.5. The Hall–Kier alpha value is -2.08. The van der Waals surface area contributed by atoms with Crippen molar-refractivity contribution in [2.75, 3.05) is 5.32 Å². The number of hydrogen-bond acceptors (Lipinski definition) is 2. The molecule has 0 fully saturated rings. The Balaban J connectivity index is 2.02. The Morgan fingerprint density at radius 1 is 1.07 bits per heavy atom. The van der Waals surface area contributed by atoms with E-state index in [2.05, 4.69) is 22.0 Å². The quantitative estimate of drug-likeness (QED) is 0.609. The van der Waals surface area contributed by atoms with E-state index in [9.17, 15) is 4.79 Å². The van der Waals surface area contributed by atoms with Gasteiger partial charge in [0, 0.05) is 27.0 Å². The van der Waals surface area contributed by atoms with Crippen LogP contribution in [-0.2, 0) is 4.79 Å². The minimum absolute atomic E-state index is 0.249. The Morgan fingerprint density at radius 2 is 1.67 bits per heavy atom. The maximum atomic E-state index is 13.1. The molecule has 0 radical (unpaired) electrons. The van der Waals surface area contributed by atoms with E-state index in [0.717, 1.165) is 16.8 Å². The zero-order valence-electron chi connectivity index (χ0n) is 15.1. The highest BCUT2D eigenvalue weighted by molar-refractivity contribution is 7.80. The minimum atomic E-state index is -0.550. The van der Waals surface area contributed by atoms with E-state index in [1.54, 1.807) is 25.1 Å². The van der Waals surface area contributed by atoms with Crippen LogP contribution in [0.2, 0.25) is 10.0 Å². The van der Waals surface area contributed by atoms with Crippen molar-refractivity contribution in [3.05, 3.63) is 74.4 Å². The van der Waals surface area contributed by atoms with Crippen LogP contribution in [0.5, 0.6) is 0 Å². The number of carbonyl (C=O) groups is 1. The van der Waals surface area contributed by atoms with Crippen molar-refractivity contribution in [2.45, 2.75) is 26.8 Å². The molecular weight excluding hydrogens is 401 g/mol. The topological polar surface area (TPSA) is 53.2 Å². The SMILES string of the molecule is CC1=C(C(=O)Nc2cc(C)cc(C)c2)[C@H](c2c(Cl)cccc2Cl)NC(=S)N1. The molecule has 3 rings (SSSR count). The Bertz CT molecular complexity index is 931. The van der Waals surface area contributed by atoms with Crippen LogP contribution in [0.1, 0.15) is 29.7 Å². The average Bonchev–Trinajstić information content (AvgIpc) is 2.52. The largest absolute Gasteiger partial charge is 0.351 e. The van der Waals surface area contributed by atoms with Gasteiger partial charge in [-0.15, -0.1) is 0 Å². The number of halogens is 2. The predicted octanol–water partition coefficient (Wildman–Crippen LogP) is 5.04. The van der Waals surface area contributed by atoms with Gasteiger partial charge in [0.05, 0.1) is 11.6 Å². The van der Waals surface area contributed by atoms with E-state index in [-0.39, 0.29) is 5.91 Å². The van der Waals surface area contributed by atoms with E-state index in [0.29, 0.717) is 32.0 Å². The van der Waals surface area contributed by atoms with E-state index in [1.165, 1.54) is 0 Å². The number of allylic oxidation sites excluding steroid dienone is 1. The molecule has 3 N–H and O–H groups in total. The second-order valence-corrected chi connectivity index (χ2v) is 7.76.